The first-order valence-electron chi connectivity index (χ1n) is 48.1. The maximum absolute atomic E-state index is 13.3. The third-order valence-electron chi connectivity index (χ3n) is 27.0. The summed E-state index contributed by atoms with van der Waals surface area (Å²) in [5.74, 6) is 1.10. The lowest BCUT2D eigenvalue weighted by atomic mass is 9.80. The van der Waals surface area contributed by atoms with Gasteiger partial charge in [0.2, 0.25) is 15.9 Å². The second-order valence-corrected chi connectivity index (χ2v) is 41.7. The first-order valence-corrected chi connectivity index (χ1v) is 51.1. The number of sulfone groups is 1. The summed E-state index contributed by atoms with van der Waals surface area (Å²) in [6.07, 6.45) is 15.5. The van der Waals surface area contributed by atoms with Crippen molar-refractivity contribution < 1.29 is 83.4 Å². The van der Waals surface area contributed by atoms with Crippen molar-refractivity contribution in [1.29, 1.82) is 0 Å². The summed E-state index contributed by atoms with van der Waals surface area (Å²) in [5.41, 5.74) is 7.04. The van der Waals surface area contributed by atoms with Crippen molar-refractivity contribution >= 4 is 43.5 Å². The average molecular weight is 1860 g/mol. The molecule has 8 saturated heterocycles. The van der Waals surface area contributed by atoms with Gasteiger partial charge in [0, 0.05) is 154 Å². The van der Waals surface area contributed by atoms with Crippen LogP contribution in [0, 0.1) is 13.8 Å². The molecule has 133 heavy (non-hydrogen) atoms. The summed E-state index contributed by atoms with van der Waals surface area (Å²) in [5, 5.41) is -0.503. The van der Waals surface area contributed by atoms with Crippen molar-refractivity contribution in [2.45, 2.75) is 284 Å². The van der Waals surface area contributed by atoms with Crippen molar-refractivity contribution in [2.75, 3.05) is 85.8 Å². The van der Waals surface area contributed by atoms with Crippen LogP contribution in [0.2, 0.25) is 0 Å². The van der Waals surface area contributed by atoms with Gasteiger partial charge in [0.25, 0.3) is 23.6 Å². The molecule has 8 aliphatic rings. The molecule has 8 atom stereocenters. The molecule has 2 aromatic heterocycles. The summed E-state index contributed by atoms with van der Waals surface area (Å²) in [6.45, 7) is 30.8. The Morgan fingerprint density at radius 2 is 0.744 bits per heavy atom. The Hall–Kier alpha value is -9.36. The highest BCUT2D eigenvalue weighted by Crippen LogP contribution is 2.49. The van der Waals surface area contributed by atoms with E-state index < -0.39 is 25.1 Å². The van der Waals surface area contributed by atoms with Gasteiger partial charge < -0.3 is 67.0 Å². The molecule has 10 heterocycles. The fourth-order valence-electron chi connectivity index (χ4n) is 20.1. The van der Waals surface area contributed by atoms with Crippen molar-refractivity contribution in [3.05, 3.63) is 250 Å². The summed E-state index contributed by atoms with van der Waals surface area (Å²) >= 11 is 0. The summed E-state index contributed by atoms with van der Waals surface area (Å²) in [6, 6.07) is 59.6. The SMILES string of the molecule is CCOC1CC(c2ccccc2)OC2(CCN(C(=O)c3ccc(OC(C)C)c(C)n3)CC2)C1.CCOC1CC(c2ccccc2)OC2(CCN(C(=O)c3ccc(OC(C)C)nc3)CC2)C1.CCOC1CC(c2ccccc2)OC2(CCN(C(=O)c3ccc(S(=O)(=O)C(C)C)c(C)c3)CC2)C1.CCOC1CC(c2ccccc2)OC2(CCN(C(=O)c3ccc(S(=O)(=O)NC)cc3)CC2)C1. The minimum absolute atomic E-state index is 0.0122. The Morgan fingerprint density at radius 1 is 0.414 bits per heavy atom. The fourth-order valence-corrected chi connectivity index (χ4v) is 22.1. The van der Waals surface area contributed by atoms with E-state index in [-0.39, 0.29) is 112 Å². The minimum atomic E-state index is -3.53. The molecule has 27 heteroatoms. The Kier molecular flexibility index (Phi) is 35.0. The number of piperidine rings is 4. The zero-order valence-electron chi connectivity index (χ0n) is 80.0. The number of amides is 4. The minimum Gasteiger partial charge on any atom is -0.489 e. The average Bonchev–Trinajstić information content (AvgIpc) is 0.785. The summed E-state index contributed by atoms with van der Waals surface area (Å²) < 4.78 is 114. The summed E-state index contributed by atoms with van der Waals surface area (Å²) in [4.78, 5) is 69.3. The van der Waals surface area contributed by atoms with E-state index in [1.807, 2.05) is 137 Å². The first-order chi connectivity index (χ1) is 63.9. The van der Waals surface area contributed by atoms with Gasteiger partial charge in [-0.3, -0.25) is 19.2 Å². The van der Waals surface area contributed by atoms with Crippen molar-refractivity contribution in [3.8, 4) is 11.6 Å². The molecule has 16 rings (SSSR count). The van der Waals surface area contributed by atoms with Crippen LogP contribution in [0.25, 0.3) is 0 Å². The van der Waals surface area contributed by atoms with Crippen LogP contribution in [0.1, 0.15) is 271 Å². The third-order valence-corrected chi connectivity index (χ3v) is 30.7. The molecule has 6 aromatic carbocycles. The highest BCUT2D eigenvalue weighted by atomic mass is 32.2. The molecule has 4 spiro atoms. The molecule has 8 unspecified atom stereocenters. The molecule has 718 valence electrons. The Labute approximate surface area is 788 Å². The fraction of sp³-hybridized carbons (Fsp3) is 0.528. The largest absolute Gasteiger partial charge is 0.489 e. The number of benzene rings is 6. The van der Waals surface area contributed by atoms with Gasteiger partial charge in [-0.05, 0) is 230 Å². The predicted octanol–water partition coefficient (Wildman–Crippen LogP) is 18.5. The van der Waals surface area contributed by atoms with Gasteiger partial charge in [0.15, 0.2) is 9.84 Å². The number of ether oxygens (including phenoxy) is 10. The number of nitrogens with one attached hydrogen (secondary N) is 1. The van der Waals surface area contributed by atoms with Crippen LogP contribution in [-0.4, -0.2) is 220 Å². The number of sulfonamides is 1. The molecule has 25 nitrogen and oxygen atoms in total. The third kappa shape index (κ3) is 26.1. The zero-order valence-corrected chi connectivity index (χ0v) is 81.6. The van der Waals surface area contributed by atoms with E-state index in [1.165, 1.54) is 35.9 Å². The van der Waals surface area contributed by atoms with Crippen LogP contribution in [0.15, 0.2) is 204 Å². The smallest absolute Gasteiger partial charge is 0.272 e. The predicted molar refractivity (Wildman–Crippen MR) is 512 cm³/mol. The van der Waals surface area contributed by atoms with Gasteiger partial charge in [0.1, 0.15) is 11.4 Å². The lowest BCUT2D eigenvalue weighted by Gasteiger charge is -2.48. The number of carbonyl (C=O) groups excluding carboxylic acids is 4. The van der Waals surface area contributed by atoms with Crippen LogP contribution in [0.4, 0.5) is 0 Å². The summed E-state index contributed by atoms with van der Waals surface area (Å²) in [7, 11) is -5.55. The van der Waals surface area contributed by atoms with E-state index >= 15 is 0 Å². The Bertz CT molecular complexity index is 5320. The number of aromatic nitrogens is 2. The lowest BCUT2D eigenvalue weighted by molar-refractivity contribution is -0.191. The maximum Gasteiger partial charge on any atom is 0.272 e. The molecule has 8 aliphatic heterocycles. The second kappa shape index (κ2) is 46.0. The molecule has 8 fully saturated rings. The standard InChI is InChI=1S/C28H37NO5S.C27H36N2O4.C26H34N2O4.C25H32N2O5S/c1-5-33-24-18-25(22-9-7-6-8-10-22)34-28(19-24)13-15-29(16-14-28)27(30)23-11-12-26(21(4)17-23)35(31,32)20(2)3;1-5-31-22-17-25(21-9-7-6-8-10-21)33-27(18-22)13-15-29(16-14-27)26(30)23-11-12-24(20(4)28-23)32-19(2)3;1-4-30-22-16-23(20-8-6-5-7-9-20)32-26(17-22)12-14-28(15-13-26)25(29)21-10-11-24(27-18-21)31-19(2)3;1-3-31-21-17-23(19-7-5-4-6-8-19)32-25(18-21)13-15-27(16-14-25)24(28)20-9-11-22(12-10-20)33(29,30)26-2/h6-12,17,20,24-25H,5,13-16,18-19H2,1-4H3;6-12,19,22,25H,5,13-18H2,1-4H3;5-11,18-19,22-23H,4,12-17H2,1-3H3;4-12,21,23,26H,3,13-18H2,1-2H3. The molecule has 0 aliphatic carbocycles. The lowest BCUT2D eigenvalue weighted by Crippen LogP contribution is -2.52. The van der Waals surface area contributed by atoms with Gasteiger partial charge in [-0.15, -0.1) is 0 Å². The number of hydrogen-bond donors (Lipinski definition) is 1. The van der Waals surface area contributed by atoms with Crippen molar-refractivity contribution in [1.82, 2.24) is 34.3 Å². The molecule has 1 N–H and O–H groups in total. The quantitative estimate of drug-likeness (QED) is 0.0588. The van der Waals surface area contributed by atoms with Crippen molar-refractivity contribution in [2.24, 2.45) is 0 Å². The van der Waals surface area contributed by atoms with E-state index in [4.69, 9.17) is 47.4 Å². The number of nitrogens with zero attached hydrogens (tertiary/aromatic N) is 6. The van der Waals surface area contributed by atoms with Crippen LogP contribution >= 0.6 is 0 Å². The van der Waals surface area contributed by atoms with Crippen LogP contribution in [-0.2, 0) is 57.8 Å². The zero-order chi connectivity index (χ0) is 94.7. The second-order valence-electron chi connectivity index (χ2n) is 37.3. The molecule has 0 bridgehead atoms. The number of aryl methyl sites for hydroxylation is 2. The van der Waals surface area contributed by atoms with Gasteiger partial charge in [0.05, 0.1) is 110 Å². The Morgan fingerprint density at radius 3 is 1.05 bits per heavy atom. The van der Waals surface area contributed by atoms with E-state index in [0.29, 0.717) is 118 Å². The number of rotatable bonds is 24. The molecule has 0 saturated carbocycles. The van der Waals surface area contributed by atoms with Crippen molar-refractivity contribution in [3.63, 3.8) is 0 Å². The molecular formula is C106H139N7O18S2. The highest BCUT2D eigenvalue weighted by molar-refractivity contribution is 7.92. The van der Waals surface area contributed by atoms with E-state index in [9.17, 15) is 36.0 Å². The topological polar surface area (TPSA) is 280 Å². The van der Waals surface area contributed by atoms with Gasteiger partial charge >= 0.3 is 0 Å². The van der Waals surface area contributed by atoms with Crippen LogP contribution in [0.3, 0.4) is 0 Å². The molecule has 4 amide bonds. The van der Waals surface area contributed by atoms with Crippen LogP contribution < -0.4 is 14.2 Å². The van der Waals surface area contributed by atoms with Gasteiger partial charge in [-0.2, -0.15) is 0 Å². The van der Waals surface area contributed by atoms with E-state index in [1.54, 1.807) is 75.5 Å². The van der Waals surface area contributed by atoms with Gasteiger partial charge in [-0.25, -0.2) is 31.5 Å². The molecule has 0 radical (unpaired) electrons. The highest BCUT2D eigenvalue weighted by Gasteiger charge is 2.50. The molecule has 8 aromatic rings. The number of pyridine rings is 2. The van der Waals surface area contributed by atoms with Gasteiger partial charge in [-0.1, -0.05) is 121 Å². The first kappa shape index (κ1) is 101. The van der Waals surface area contributed by atoms with E-state index in [2.05, 4.69) is 87.5 Å². The number of carbonyl (C=O) groups is 4. The number of hydrogen-bond acceptors (Lipinski definition) is 20. The number of likely N-dealkylation sites (tertiary alicyclic amines) is 4. The monoisotopic (exact) mass is 1860 g/mol. The Balaban J connectivity index is 0.000000151. The van der Waals surface area contributed by atoms with E-state index in [0.717, 1.165) is 120 Å². The molecular weight excluding hydrogens is 1720 g/mol. The normalized spacial score (nSPS) is 22.7. The van der Waals surface area contributed by atoms with Crippen LogP contribution in [0.5, 0.6) is 11.6 Å². The maximum atomic E-state index is 13.3.